The van der Waals surface area contributed by atoms with E-state index in [2.05, 4.69) is 0 Å². The highest BCUT2D eigenvalue weighted by atomic mass is 16.6. The second-order valence-corrected chi connectivity index (χ2v) is 6.56. The lowest BCUT2D eigenvalue weighted by Gasteiger charge is -2.61. The normalized spacial score (nSPS) is 38.8. The Bertz CT molecular complexity index is 720. The number of aliphatic hydroxyl groups excluding tert-OH is 1. The van der Waals surface area contributed by atoms with Crippen molar-refractivity contribution in [1.29, 1.82) is 0 Å². The van der Waals surface area contributed by atoms with Gasteiger partial charge in [0.2, 0.25) is 22.8 Å². The highest BCUT2D eigenvalue weighted by Gasteiger charge is 2.84. The minimum atomic E-state index is -3.64. The van der Waals surface area contributed by atoms with Gasteiger partial charge in [-0.15, -0.1) is 0 Å². The van der Waals surface area contributed by atoms with Crippen LogP contribution in [-0.2, 0) is 28.7 Å². The Labute approximate surface area is 154 Å². The molecular formula is C16H23NO10. The van der Waals surface area contributed by atoms with Crippen LogP contribution in [0.4, 0.5) is 0 Å². The van der Waals surface area contributed by atoms with Crippen molar-refractivity contribution in [2.24, 2.45) is 0 Å². The average Bonchev–Trinajstić information content (AvgIpc) is 2.53. The van der Waals surface area contributed by atoms with Gasteiger partial charge in [0.1, 0.15) is 6.10 Å². The molecule has 1 fully saturated rings. The first-order chi connectivity index (χ1) is 12.1. The van der Waals surface area contributed by atoms with Crippen LogP contribution in [0, 0.1) is 0 Å². The van der Waals surface area contributed by atoms with E-state index in [9.17, 15) is 44.4 Å². The maximum Gasteiger partial charge on any atom is 0.241 e. The van der Waals surface area contributed by atoms with Crippen molar-refractivity contribution in [1.82, 2.24) is 5.32 Å². The summed E-state index contributed by atoms with van der Waals surface area (Å²) >= 11 is 0. The minimum absolute atomic E-state index is 0.653. The molecule has 11 nitrogen and oxygen atoms in total. The maximum atomic E-state index is 12.4. The first kappa shape index (κ1) is 23.0. The molecule has 0 aromatic carbocycles. The van der Waals surface area contributed by atoms with Crippen LogP contribution in [0.25, 0.3) is 0 Å². The molecule has 5 atom stereocenters. The van der Waals surface area contributed by atoms with Gasteiger partial charge in [-0.25, -0.2) is 0 Å². The monoisotopic (exact) mass is 389 g/mol. The summed E-state index contributed by atoms with van der Waals surface area (Å²) in [7, 11) is 0. The van der Waals surface area contributed by atoms with Crippen LogP contribution in [0.3, 0.4) is 0 Å². The molecule has 27 heavy (non-hydrogen) atoms. The van der Waals surface area contributed by atoms with Crippen molar-refractivity contribution in [2.75, 3.05) is 6.61 Å². The van der Waals surface area contributed by atoms with E-state index in [1.807, 2.05) is 5.32 Å². The van der Waals surface area contributed by atoms with Crippen LogP contribution >= 0.6 is 0 Å². The molecule has 0 aromatic rings. The SMILES string of the molecule is CC(=O)NC1(C(C)=O)O[C@H](CO)[C@](O)(C(C)=O)[C@@](O)(C(C)=O)[C@]1(O)C(C)=O. The van der Waals surface area contributed by atoms with E-state index in [1.165, 1.54) is 0 Å². The molecule has 0 saturated carbocycles. The molecule has 1 heterocycles. The molecule has 5 N–H and O–H groups in total. The molecule has 1 unspecified atom stereocenters. The number of ketones is 4. The van der Waals surface area contributed by atoms with Gasteiger partial charge in [-0.2, -0.15) is 0 Å². The van der Waals surface area contributed by atoms with Crippen LogP contribution in [-0.4, -0.2) is 84.7 Å². The Morgan fingerprint density at radius 3 is 1.52 bits per heavy atom. The molecule has 0 spiro atoms. The number of Topliss-reactive ketones (excluding diaryl/α,β-unsaturated/α-hetero) is 4. The largest absolute Gasteiger partial charge is 0.394 e. The summed E-state index contributed by atoms with van der Waals surface area (Å²) in [6.07, 6.45) is -2.15. The molecule has 1 aliphatic rings. The zero-order valence-electron chi connectivity index (χ0n) is 15.5. The van der Waals surface area contributed by atoms with Gasteiger partial charge in [-0.05, 0) is 27.7 Å². The Morgan fingerprint density at radius 1 is 0.815 bits per heavy atom. The summed E-state index contributed by atoms with van der Waals surface area (Å²) in [5.41, 5.74) is -13.6. The van der Waals surface area contributed by atoms with E-state index in [1.54, 1.807) is 0 Å². The predicted molar refractivity (Wildman–Crippen MR) is 86.1 cm³/mol. The van der Waals surface area contributed by atoms with Crippen molar-refractivity contribution in [3.05, 3.63) is 0 Å². The van der Waals surface area contributed by atoms with Gasteiger partial charge >= 0.3 is 0 Å². The maximum absolute atomic E-state index is 12.4. The number of rotatable bonds is 6. The quantitative estimate of drug-likeness (QED) is 0.309. The second-order valence-electron chi connectivity index (χ2n) is 6.56. The van der Waals surface area contributed by atoms with E-state index in [0.717, 1.165) is 20.8 Å². The molecule has 152 valence electrons. The van der Waals surface area contributed by atoms with Crippen LogP contribution in [0.5, 0.6) is 0 Å². The van der Waals surface area contributed by atoms with Crippen molar-refractivity contribution in [3.8, 4) is 0 Å². The number of hydrogen-bond acceptors (Lipinski definition) is 10. The molecule has 11 heteroatoms. The first-order valence-electron chi connectivity index (χ1n) is 7.89. The lowest BCUT2D eigenvalue weighted by Crippen LogP contribution is -2.93. The summed E-state index contributed by atoms with van der Waals surface area (Å²) in [5.74, 6) is -6.52. The number of aliphatic hydroxyl groups is 4. The van der Waals surface area contributed by atoms with Crippen LogP contribution < -0.4 is 5.32 Å². The number of nitrogens with one attached hydrogen (secondary N) is 1. The third kappa shape index (κ3) is 2.57. The van der Waals surface area contributed by atoms with Gasteiger partial charge < -0.3 is 30.5 Å². The van der Waals surface area contributed by atoms with Gasteiger partial charge in [0, 0.05) is 6.92 Å². The summed E-state index contributed by atoms with van der Waals surface area (Å²) < 4.78 is 5.21. The Kier molecular flexibility index (Phi) is 5.82. The summed E-state index contributed by atoms with van der Waals surface area (Å²) in [5, 5.41) is 44.7. The minimum Gasteiger partial charge on any atom is -0.394 e. The Hall–Kier alpha value is -2.05. The topological polar surface area (TPSA) is 188 Å². The highest BCUT2D eigenvalue weighted by Crippen LogP contribution is 2.50. The van der Waals surface area contributed by atoms with Crippen molar-refractivity contribution in [3.63, 3.8) is 0 Å². The van der Waals surface area contributed by atoms with E-state index < -0.39 is 64.3 Å². The fourth-order valence-electron chi connectivity index (χ4n) is 3.62. The number of hydrogen-bond donors (Lipinski definition) is 5. The summed E-state index contributed by atoms with van der Waals surface area (Å²) in [4.78, 5) is 61.1. The molecule has 1 saturated heterocycles. The summed E-state index contributed by atoms with van der Waals surface area (Å²) in [6, 6.07) is 0. The van der Waals surface area contributed by atoms with Crippen molar-refractivity contribution >= 4 is 29.0 Å². The third-order valence-corrected chi connectivity index (χ3v) is 4.94. The van der Waals surface area contributed by atoms with Gasteiger partial charge in [0.15, 0.2) is 28.7 Å². The smallest absolute Gasteiger partial charge is 0.241 e. The van der Waals surface area contributed by atoms with E-state index in [4.69, 9.17) is 4.74 Å². The molecule has 0 aliphatic carbocycles. The van der Waals surface area contributed by atoms with Crippen LogP contribution in [0.15, 0.2) is 0 Å². The molecule has 1 amide bonds. The third-order valence-electron chi connectivity index (χ3n) is 4.94. The highest BCUT2D eigenvalue weighted by molar-refractivity contribution is 6.10. The molecule has 0 aromatic heterocycles. The molecule has 0 radical (unpaired) electrons. The van der Waals surface area contributed by atoms with Crippen molar-refractivity contribution in [2.45, 2.75) is 63.3 Å². The van der Waals surface area contributed by atoms with Gasteiger partial charge in [0.05, 0.1) is 6.61 Å². The molecular weight excluding hydrogens is 366 g/mol. The lowest BCUT2D eigenvalue weighted by atomic mass is 9.57. The fourth-order valence-corrected chi connectivity index (χ4v) is 3.62. The molecule has 1 rings (SSSR count). The van der Waals surface area contributed by atoms with Crippen molar-refractivity contribution < 1.29 is 49.1 Å². The number of carbonyl (C=O) groups excluding carboxylic acids is 5. The van der Waals surface area contributed by atoms with Crippen LogP contribution in [0.2, 0.25) is 0 Å². The van der Waals surface area contributed by atoms with E-state index >= 15 is 0 Å². The van der Waals surface area contributed by atoms with E-state index in [0.29, 0.717) is 13.8 Å². The number of carbonyl (C=O) groups is 5. The Morgan fingerprint density at radius 2 is 1.26 bits per heavy atom. The molecule has 1 aliphatic heterocycles. The zero-order valence-corrected chi connectivity index (χ0v) is 15.5. The zero-order chi connectivity index (χ0) is 21.6. The predicted octanol–water partition coefficient (Wildman–Crippen LogP) is -3.24. The number of amides is 1. The Balaban J connectivity index is 4.18. The van der Waals surface area contributed by atoms with Gasteiger partial charge in [0.25, 0.3) is 0 Å². The average molecular weight is 389 g/mol. The second kappa shape index (κ2) is 6.84. The van der Waals surface area contributed by atoms with E-state index in [-0.39, 0.29) is 0 Å². The number of ether oxygens (including phenoxy) is 1. The fraction of sp³-hybridized carbons (Fsp3) is 0.688. The van der Waals surface area contributed by atoms with Gasteiger partial charge in [-0.1, -0.05) is 0 Å². The van der Waals surface area contributed by atoms with Gasteiger partial charge in [-0.3, -0.25) is 24.0 Å². The first-order valence-corrected chi connectivity index (χ1v) is 7.89. The van der Waals surface area contributed by atoms with Crippen LogP contribution in [0.1, 0.15) is 34.6 Å². The lowest BCUT2D eigenvalue weighted by molar-refractivity contribution is -0.347. The standard InChI is InChI=1S/C16H23NO10/c1-7(19)13(24)12(6-18)27-16(10(4)22,17-11(5)23)15(26,9(3)21)14(13,25)8(2)20/h12,18,24-26H,6H2,1-5H3,(H,17,23)/t12-,13-,14+,15-,16?/m1/s1. The molecule has 0 bridgehead atoms. The summed E-state index contributed by atoms with van der Waals surface area (Å²) in [6.45, 7) is 2.49.